The van der Waals surface area contributed by atoms with Gasteiger partial charge in [0, 0.05) is 32.7 Å². The summed E-state index contributed by atoms with van der Waals surface area (Å²) in [4.78, 5) is 0. The summed E-state index contributed by atoms with van der Waals surface area (Å²) in [6.07, 6.45) is 0. The van der Waals surface area contributed by atoms with Gasteiger partial charge in [0.1, 0.15) is 0 Å². The normalized spacial score (nSPS) is 8.50. The van der Waals surface area contributed by atoms with E-state index in [1.54, 1.807) is 0 Å². The van der Waals surface area contributed by atoms with Crippen LogP contribution in [0.15, 0.2) is 36.4 Å². The molecule has 0 saturated heterocycles. The standard InChI is InChI=1S/C11H9.C2H6.Y/c1-9-6-7-10-4-2-3-5-11(10)8-9;1-2;/h2-5,7-8H,1H3;1-2H3;/q-1;;. The molecule has 2 aromatic rings. The summed E-state index contributed by atoms with van der Waals surface area (Å²) in [7, 11) is 0. The molecule has 0 unspecified atom stereocenters. The van der Waals surface area contributed by atoms with E-state index in [0.717, 1.165) is 0 Å². The Bertz CT molecular complexity index is 380. The summed E-state index contributed by atoms with van der Waals surface area (Å²) in [5.74, 6) is 0. The Morgan fingerprint density at radius 2 is 1.57 bits per heavy atom. The predicted molar refractivity (Wildman–Crippen MR) is 58.9 cm³/mol. The molecule has 0 heterocycles. The zero-order valence-corrected chi connectivity index (χ0v) is 11.9. The zero-order valence-electron chi connectivity index (χ0n) is 9.04. The number of benzene rings is 2. The van der Waals surface area contributed by atoms with E-state index in [0.29, 0.717) is 0 Å². The molecule has 14 heavy (non-hydrogen) atoms. The maximum Gasteiger partial charge on any atom is 0 e. The zero-order chi connectivity index (χ0) is 9.68. The molecule has 0 fully saturated rings. The smallest absolute Gasteiger partial charge is 0 e. The fourth-order valence-corrected chi connectivity index (χ4v) is 1.24. The van der Waals surface area contributed by atoms with Crippen LogP contribution in [-0.2, 0) is 32.7 Å². The van der Waals surface area contributed by atoms with Crippen LogP contribution in [0.5, 0.6) is 0 Å². The largest absolute Gasteiger partial charge is 0.180 e. The maximum atomic E-state index is 3.17. The molecule has 71 valence electrons. The second-order valence-corrected chi connectivity index (χ2v) is 2.74. The van der Waals surface area contributed by atoms with Crippen LogP contribution in [-0.4, -0.2) is 0 Å². The first-order valence-corrected chi connectivity index (χ1v) is 4.73. The Morgan fingerprint density at radius 1 is 1.00 bits per heavy atom. The van der Waals surface area contributed by atoms with Crippen molar-refractivity contribution in [1.82, 2.24) is 0 Å². The van der Waals surface area contributed by atoms with E-state index >= 15 is 0 Å². The van der Waals surface area contributed by atoms with Crippen LogP contribution in [0.2, 0.25) is 0 Å². The van der Waals surface area contributed by atoms with Gasteiger partial charge < -0.3 is 0 Å². The Morgan fingerprint density at radius 3 is 2.21 bits per heavy atom. The molecule has 0 N–H and O–H groups in total. The predicted octanol–water partition coefficient (Wildman–Crippen LogP) is 3.97. The number of hydrogen-bond donors (Lipinski definition) is 0. The molecule has 0 spiro atoms. The number of fused-ring (bicyclic) bond motifs is 1. The fourth-order valence-electron chi connectivity index (χ4n) is 1.24. The van der Waals surface area contributed by atoms with E-state index in [4.69, 9.17) is 0 Å². The minimum Gasteiger partial charge on any atom is -0.180 e. The van der Waals surface area contributed by atoms with E-state index in [1.165, 1.54) is 16.3 Å². The molecule has 0 atom stereocenters. The molecule has 1 heteroatoms. The molecule has 0 saturated carbocycles. The van der Waals surface area contributed by atoms with Crippen molar-refractivity contribution in [1.29, 1.82) is 0 Å². The molecule has 0 aliphatic carbocycles. The molecule has 0 aliphatic heterocycles. The summed E-state index contributed by atoms with van der Waals surface area (Å²) in [5, 5.41) is 2.56. The van der Waals surface area contributed by atoms with Gasteiger partial charge in [0.2, 0.25) is 0 Å². The van der Waals surface area contributed by atoms with E-state index in [9.17, 15) is 0 Å². The van der Waals surface area contributed by atoms with Gasteiger partial charge in [0.15, 0.2) is 0 Å². The topological polar surface area (TPSA) is 0 Å². The number of hydrogen-bond acceptors (Lipinski definition) is 0. The Labute approximate surface area is 112 Å². The first kappa shape index (κ1) is 13.8. The van der Waals surface area contributed by atoms with Crippen LogP contribution in [0, 0.1) is 13.0 Å². The summed E-state index contributed by atoms with van der Waals surface area (Å²) in [5.41, 5.74) is 1.20. The van der Waals surface area contributed by atoms with Crippen molar-refractivity contribution in [2.45, 2.75) is 20.8 Å². The summed E-state index contributed by atoms with van der Waals surface area (Å²) in [6.45, 7) is 6.06. The summed E-state index contributed by atoms with van der Waals surface area (Å²) >= 11 is 0. The second-order valence-electron chi connectivity index (χ2n) is 2.74. The van der Waals surface area contributed by atoms with E-state index in [1.807, 2.05) is 26.0 Å². The number of rotatable bonds is 0. The van der Waals surface area contributed by atoms with Gasteiger partial charge in [0.25, 0.3) is 0 Å². The Hall–Kier alpha value is -0.196. The van der Waals surface area contributed by atoms with Crippen molar-refractivity contribution in [3.8, 4) is 0 Å². The van der Waals surface area contributed by atoms with Gasteiger partial charge in [-0.3, -0.25) is 0 Å². The van der Waals surface area contributed by atoms with Gasteiger partial charge in [-0.2, -0.15) is 23.8 Å². The molecule has 0 aliphatic rings. The van der Waals surface area contributed by atoms with Gasteiger partial charge in [-0.25, -0.2) is 0 Å². The van der Waals surface area contributed by atoms with Crippen LogP contribution in [0.1, 0.15) is 19.4 Å². The number of aryl methyl sites for hydroxylation is 1. The summed E-state index contributed by atoms with van der Waals surface area (Å²) in [6, 6.07) is 15.7. The van der Waals surface area contributed by atoms with Crippen LogP contribution in [0.4, 0.5) is 0 Å². The second kappa shape index (κ2) is 7.14. The van der Waals surface area contributed by atoms with Crippen LogP contribution >= 0.6 is 0 Å². The van der Waals surface area contributed by atoms with Crippen LogP contribution in [0.3, 0.4) is 0 Å². The average molecular weight is 260 g/mol. The summed E-state index contributed by atoms with van der Waals surface area (Å²) < 4.78 is 0. The molecule has 1 radical (unpaired) electrons. The Kier molecular flexibility index (Phi) is 7.04. The van der Waals surface area contributed by atoms with Crippen molar-refractivity contribution in [3.63, 3.8) is 0 Å². The molecule has 0 bridgehead atoms. The molecule has 0 aromatic heterocycles. The van der Waals surface area contributed by atoms with Gasteiger partial charge in [0.05, 0.1) is 0 Å². The molecule has 2 rings (SSSR count). The van der Waals surface area contributed by atoms with Crippen molar-refractivity contribution in [3.05, 3.63) is 48.0 Å². The van der Waals surface area contributed by atoms with E-state index in [-0.39, 0.29) is 32.7 Å². The maximum absolute atomic E-state index is 3.17. The van der Waals surface area contributed by atoms with E-state index in [2.05, 4.69) is 37.3 Å². The van der Waals surface area contributed by atoms with Gasteiger partial charge >= 0.3 is 0 Å². The minimum atomic E-state index is 0. The molecular weight excluding hydrogens is 245 g/mol. The third kappa shape index (κ3) is 3.51. The van der Waals surface area contributed by atoms with Gasteiger partial charge in [-0.05, 0) is 0 Å². The molecule has 2 aromatic carbocycles. The fraction of sp³-hybridized carbons (Fsp3) is 0.231. The van der Waals surface area contributed by atoms with Gasteiger partial charge in [-0.15, -0.1) is 16.8 Å². The van der Waals surface area contributed by atoms with E-state index < -0.39 is 0 Å². The van der Waals surface area contributed by atoms with Crippen molar-refractivity contribution in [2.75, 3.05) is 0 Å². The van der Waals surface area contributed by atoms with Crippen molar-refractivity contribution in [2.24, 2.45) is 0 Å². The molecule has 0 amide bonds. The molecular formula is C13H15Y-. The first-order valence-electron chi connectivity index (χ1n) is 4.73. The Balaban J connectivity index is 0.000000531. The molecule has 0 nitrogen and oxygen atoms in total. The first-order chi connectivity index (χ1) is 6.36. The van der Waals surface area contributed by atoms with Crippen LogP contribution in [0.25, 0.3) is 10.8 Å². The monoisotopic (exact) mass is 260 g/mol. The third-order valence-corrected chi connectivity index (χ3v) is 1.82. The quantitative estimate of drug-likeness (QED) is 0.629. The third-order valence-electron chi connectivity index (χ3n) is 1.82. The minimum absolute atomic E-state index is 0. The van der Waals surface area contributed by atoms with Crippen molar-refractivity contribution < 1.29 is 32.7 Å². The van der Waals surface area contributed by atoms with Crippen molar-refractivity contribution >= 4 is 10.8 Å². The van der Waals surface area contributed by atoms with Crippen LogP contribution < -0.4 is 0 Å². The SMILES string of the molecule is CC.Cc1[c-]cc2ccccc2c1.[Y]. The van der Waals surface area contributed by atoms with Gasteiger partial charge in [-0.1, -0.05) is 39.0 Å². The average Bonchev–Trinajstić information content (AvgIpc) is 2.21.